The van der Waals surface area contributed by atoms with Crippen molar-refractivity contribution in [3.8, 4) is 0 Å². The summed E-state index contributed by atoms with van der Waals surface area (Å²) in [6.45, 7) is 9.16. The Labute approximate surface area is 155 Å². The van der Waals surface area contributed by atoms with Crippen LogP contribution in [0.1, 0.15) is 47.6 Å². The number of hydrogen-bond acceptors (Lipinski definition) is 4. The molecule has 0 amide bonds. The lowest BCUT2D eigenvalue weighted by atomic mass is 9.95. The van der Waals surface area contributed by atoms with Crippen LogP contribution < -0.4 is 0 Å². The largest absolute Gasteiger partial charge is 0.461 e. The van der Waals surface area contributed by atoms with Gasteiger partial charge in [-0.25, -0.2) is 4.79 Å². The first-order valence-corrected chi connectivity index (χ1v) is 9.17. The quantitative estimate of drug-likeness (QED) is 0.771. The fraction of sp³-hybridized carbons (Fsp3) is 0.429. The monoisotopic (exact) mass is 353 g/mol. The van der Waals surface area contributed by atoms with Crippen molar-refractivity contribution in [2.45, 2.75) is 33.7 Å². The Bertz CT molecular complexity index is 821. The van der Waals surface area contributed by atoms with Crippen molar-refractivity contribution >= 4 is 11.5 Å². The van der Waals surface area contributed by atoms with Gasteiger partial charge in [-0.1, -0.05) is 35.9 Å². The lowest BCUT2D eigenvalue weighted by Gasteiger charge is -2.30. The van der Waals surface area contributed by atoms with Crippen LogP contribution in [0.3, 0.4) is 0 Å². The molecular weight excluding hydrogens is 326 g/mol. The highest BCUT2D eigenvalue weighted by Gasteiger charge is 2.26. The Morgan fingerprint density at radius 2 is 1.96 bits per heavy atom. The van der Waals surface area contributed by atoms with E-state index in [1.54, 1.807) is 0 Å². The van der Waals surface area contributed by atoms with Crippen LogP contribution in [0.4, 0.5) is 0 Å². The molecule has 0 saturated carbocycles. The zero-order chi connectivity index (χ0) is 18.7. The summed E-state index contributed by atoms with van der Waals surface area (Å²) in [5, 5.41) is 4.44. The van der Waals surface area contributed by atoms with Crippen molar-refractivity contribution in [3.05, 3.63) is 58.4 Å². The van der Waals surface area contributed by atoms with Gasteiger partial charge in [0.2, 0.25) is 0 Å². The summed E-state index contributed by atoms with van der Waals surface area (Å²) in [6.07, 6.45) is 1.03. The molecule has 1 aromatic heterocycles. The summed E-state index contributed by atoms with van der Waals surface area (Å²) in [5.41, 5.74) is 6.33. The summed E-state index contributed by atoms with van der Waals surface area (Å²) in [7, 11) is 1.90. The highest BCUT2D eigenvalue weighted by Crippen LogP contribution is 2.30. The molecule has 0 N–H and O–H groups in total. The summed E-state index contributed by atoms with van der Waals surface area (Å²) >= 11 is 0. The molecule has 0 unspecified atom stereocenters. The summed E-state index contributed by atoms with van der Waals surface area (Å²) in [6, 6.07) is 10.5. The van der Waals surface area contributed by atoms with Crippen LogP contribution in [-0.2, 0) is 18.3 Å². The molecule has 0 radical (unpaired) electrons. The number of carbonyl (C=O) groups is 1. The number of carbonyl (C=O) groups excluding carboxylic acids is 1. The molecule has 0 aliphatic carbocycles. The van der Waals surface area contributed by atoms with Gasteiger partial charge in [0, 0.05) is 32.2 Å². The van der Waals surface area contributed by atoms with Crippen LogP contribution in [-0.4, -0.2) is 40.3 Å². The van der Waals surface area contributed by atoms with E-state index in [4.69, 9.17) is 4.74 Å². The third kappa shape index (κ3) is 3.73. The molecule has 26 heavy (non-hydrogen) atoms. The van der Waals surface area contributed by atoms with E-state index in [1.807, 2.05) is 31.6 Å². The number of aryl methyl sites for hydroxylation is 1. The molecule has 1 aromatic carbocycles. The van der Waals surface area contributed by atoms with Crippen molar-refractivity contribution in [2.75, 3.05) is 19.7 Å². The van der Waals surface area contributed by atoms with Gasteiger partial charge in [-0.05, 0) is 38.3 Å². The number of nitrogens with zero attached hydrogens (tertiary/aromatic N) is 3. The van der Waals surface area contributed by atoms with Crippen molar-refractivity contribution < 1.29 is 9.53 Å². The fourth-order valence-corrected chi connectivity index (χ4v) is 3.61. The van der Waals surface area contributed by atoms with Gasteiger partial charge in [-0.15, -0.1) is 0 Å². The molecule has 0 fully saturated rings. The van der Waals surface area contributed by atoms with E-state index in [0.29, 0.717) is 12.3 Å². The van der Waals surface area contributed by atoms with E-state index in [2.05, 4.69) is 41.2 Å². The fourth-order valence-electron chi connectivity index (χ4n) is 3.61. The molecule has 1 aliphatic heterocycles. The minimum atomic E-state index is -0.345. The van der Waals surface area contributed by atoms with E-state index in [9.17, 15) is 4.79 Å². The summed E-state index contributed by atoms with van der Waals surface area (Å²) in [5.74, 6) is -0.345. The number of rotatable bonds is 5. The lowest BCUT2D eigenvalue weighted by molar-refractivity contribution is 0.0517. The Kier molecular flexibility index (Phi) is 5.57. The van der Waals surface area contributed by atoms with E-state index in [-0.39, 0.29) is 5.97 Å². The van der Waals surface area contributed by atoms with Gasteiger partial charge in [0.05, 0.1) is 12.3 Å². The minimum Gasteiger partial charge on any atom is -0.461 e. The van der Waals surface area contributed by atoms with Gasteiger partial charge in [0.15, 0.2) is 5.69 Å². The number of hydrogen-bond donors (Lipinski definition) is 0. The lowest BCUT2D eigenvalue weighted by Crippen LogP contribution is -2.31. The predicted molar refractivity (Wildman–Crippen MR) is 103 cm³/mol. The normalized spacial score (nSPS) is 15.4. The van der Waals surface area contributed by atoms with Crippen molar-refractivity contribution in [1.29, 1.82) is 0 Å². The van der Waals surface area contributed by atoms with Crippen LogP contribution in [0.5, 0.6) is 0 Å². The molecule has 138 valence electrons. The van der Waals surface area contributed by atoms with Crippen molar-refractivity contribution in [2.24, 2.45) is 7.05 Å². The minimum absolute atomic E-state index is 0.345. The first-order valence-electron chi connectivity index (χ1n) is 9.17. The highest BCUT2D eigenvalue weighted by molar-refractivity contribution is 5.90. The first-order chi connectivity index (χ1) is 12.5. The molecule has 5 nitrogen and oxygen atoms in total. The molecule has 2 aromatic rings. The average molecular weight is 353 g/mol. The number of benzene rings is 1. The van der Waals surface area contributed by atoms with E-state index in [1.165, 1.54) is 16.7 Å². The third-order valence-corrected chi connectivity index (χ3v) is 4.99. The van der Waals surface area contributed by atoms with E-state index < -0.39 is 0 Å². The van der Waals surface area contributed by atoms with Crippen LogP contribution >= 0.6 is 0 Å². The first kappa shape index (κ1) is 18.4. The topological polar surface area (TPSA) is 47.4 Å². The molecule has 0 bridgehead atoms. The van der Waals surface area contributed by atoms with Crippen molar-refractivity contribution in [1.82, 2.24) is 14.7 Å². The van der Waals surface area contributed by atoms with Gasteiger partial charge in [-0.2, -0.15) is 5.10 Å². The second-order valence-electron chi connectivity index (χ2n) is 6.87. The van der Waals surface area contributed by atoms with Crippen molar-refractivity contribution in [3.63, 3.8) is 0 Å². The Morgan fingerprint density at radius 3 is 2.65 bits per heavy atom. The summed E-state index contributed by atoms with van der Waals surface area (Å²) in [4.78, 5) is 14.6. The second kappa shape index (κ2) is 7.87. The molecule has 5 heteroatoms. The Morgan fingerprint density at radius 1 is 1.23 bits per heavy atom. The number of esters is 1. The summed E-state index contributed by atoms with van der Waals surface area (Å²) < 4.78 is 6.98. The predicted octanol–water partition coefficient (Wildman–Crippen LogP) is 3.58. The average Bonchev–Trinajstić information content (AvgIpc) is 2.92. The smallest absolute Gasteiger partial charge is 0.359 e. The van der Waals surface area contributed by atoms with Gasteiger partial charge in [0.1, 0.15) is 0 Å². The zero-order valence-electron chi connectivity index (χ0n) is 16.1. The molecule has 0 spiro atoms. The molecular formula is C21H27N3O2. The maximum absolute atomic E-state index is 12.2. The molecule has 0 saturated heterocycles. The number of aromatic nitrogens is 2. The Balaban J connectivity index is 1.87. The maximum atomic E-state index is 12.2. The molecule has 1 aliphatic rings. The highest BCUT2D eigenvalue weighted by atomic mass is 16.5. The van der Waals surface area contributed by atoms with Crippen LogP contribution in [0.2, 0.25) is 0 Å². The molecule has 2 heterocycles. The van der Waals surface area contributed by atoms with Gasteiger partial charge in [0.25, 0.3) is 0 Å². The molecule has 0 atom stereocenters. The Hall–Kier alpha value is -2.40. The maximum Gasteiger partial charge on any atom is 0.359 e. The van der Waals surface area contributed by atoms with E-state index >= 15 is 0 Å². The number of ether oxygens (including phenoxy) is 1. The SMILES string of the molecule is CCOC(=O)c1nn(C)c(C2=C(C)CCN(Cc3ccccc3)C2)c1C. The zero-order valence-corrected chi connectivity index (χ0v) is 16.1. The molecule has 3 rings (SSSR count). The second-order valence-corrected chi connectivity index (χ2v) is 6.87. The van der Waals surface area contributed by atoms with Crippen LogP contribution in [0.15, 0.2) is 35.9 Å². The van der Waals surface area contributed by atoms with Gasteiger partial charge in [-0.3, -0.25) is 9.58 Å². The van der Waals surface area contributed by atoms with E-state index in [0.717, 1.165) is 37.3 Å². The van der Waals surface area contributed by atoms with Crippen LogP contribution in [0.25, 0.3) is 5.57 Å². The van der Waals surface area contributed by atoms with Gasteiger partial charge < -0.3 is 4.74 Å². The van der Waals surface area contributed by atoms with Gasteiger partial charge >= 0.3 is 5.97 Å². The van der Waals surface area contributed by atoms with Crippen LogP contribution in [0, 0.1) is 6.92 Å². The third-order valence-electron chi connectivity index (χ3n) is 4.99. The standard InChI is InChI=1S/C21H27N3O2/c1-5-26-21(25)19-16(3)20(23(4)22-19)18-14-24(12-11-15(18)2)13-17-9-7-6-8-10-17/h6-10H,5,11-14H2,1-4H3.